The van der Waals surface area contributed by atoms with Gasteiger partial charge in [0.1, 0.15) is 11.9 Å². The van der Waals surface area contributed by atoms with Crippen molar-refractivity contribution < 1.29 is 9.53 Å². The van der Waals surface area contributed by atoms with Crippen LogP contribution in [0.4, 0.5) is 0 Å². The van der Waals surface area contributed by atoms with E-state index in [1.54, 1.807) is 6.20 Å². The number of H-pyrrole nitrogens is 1. The molecule has 3 heterocycles. The van der Waals surface area contributed by atoms with Gasteiger partial charge >= 0.3 is 0 Å². The second kappa shape index (κ2) is 8.11. The molecule has 6 heteroatoms. The molecule has 0 saturated heterocycles. The van der Waals surface area contributed by atoms with Crippen LogP contribution in [-0.2, 0) is 17.6 Å². The van der Waals surface area contributed by atoms with Crippen molar-refractivity contribution in [3.05, 3.63) is 76.9 Å². The maximum atomic E-state index is 12.7. The number of aromatic nitrogens is 3. The maximum absolute atomic E-state index is 12.7. The summed E-state index contributed by atoms with van der Waals surface area (Å²) in [6, 6.07) is 14.2. The number of amides is 1. The van der Waals surface area contributed by atoms with Crippen LogP contribution in [-0.4, -0.2) is 33.5 Å². The predicted octanol–water partition coefficient (Wildman–Crippen LogP) is 4.21. The van der Waals surface area contributed by atoms with Crippen LogP contribution in [0.5, 0.6) is 5.75 Å². The molecule has 0 spiro atoms. The number of hydrogen-bond donors (Lipinski definition) is 2. The molecule has 1 amide bonds. The fourth-order valence-corrected chi connectivity index (χ4v) is 4.44. The number of fused-ring (bicyclic) bond motifs is 2. The van der Waals surface area contributed by atoms with Crippen molar-refractivity contribution in [2.45, 2.75) is 39.7 Å². The van der Waals surface area contributed by atoms with Gasteiger partial charge in [-0.25, -0.2) is 4.98 Å². The summed E-state index contributed by atoms with van der Waals surface area (Å²) in [5.41, 5.74) is 7.83. The number of nitrogens with one attached hydrogen (secondary N) is 2. The number of rotatable bonds is 5. The van der Waals surface area contributed by atoms with Crippen LogP contribution in [0.2, 0.25) is 0 Å². The average molecular weight is 427 g/mol. The molecule has 2 aromatic carbocycles. The van der Waals surface area contributed by atoms with Gasteiger partial charge in [0.15, 0.2) is 0 Å². The van der Waals surface area contributed by atoms with E-state index in [2.05, 4.69) is 32.4 Å². The van der Waals surface area contributed by atoms with E-state index in [-0.39, 0.29) is 12.0 Å². The molecule has 1 aliphatic heterocycles. The largest absolute Gasteiger partial charge is 0.487 e. The Morgan fingerprint density at radius 1 is 1.16 bits per heavy atom. The highest BCUT2D eigenvalue weighted by atomic mass is 16.5. The summed E-state index contributed by atoms with van der Waals surface area (Å²) in [7, 11) is 0. The minimum Gasteiger partial charge on any atom is -0.487 e. The van der Waals surface area contributed by atoms with Crippen LogP contribution in [0.3, 0.4) is 0 Å². The Morgan fingerprint density at radius 2 is 2.00 bits per heavy atom. The Morgan fingerprint density at radius 3 is 2.88 bits per heavy atom. The maximum Gasteiger partial charge on any atom is 0.224 e. The molecule has 0 unspecified atom stereocenters. The second-order valence-electron chi connectivity index (χ2n) is 8.44. The van der Waals surface area contributed by atoms with Crippen LogP contribution >= 0.6 is 0 Å². The third-order valence-electron chi connectivity index (χ3n) is 6.05. The molecular weight excluding hydrogens is 400 g/mol. The van der Waals surface area contributed by atoms with E-state index in [1.165, 1.54) is 0 Å². The number of ether oxygens (including phenoxy) is 1. The summed E-state index contributed by atoms with van der Waals surface area (Å²) in [5.74, 6) is 0.847. The molecule has 6 nitrogen and oxygen atoms in total. The van der Waals surface area contributed by atoms with E-state index in [0.29, 0.717) is 13.0 Å². The Labute approximate surface area is 187 Å². The smallest absolute Gasteiger partial charge is 0.224 e. The van der Waals surface area contributed by atoms with E-state index in [9.17, 15) is 4.79 Å². The molecule has 0 fully saturated rings. The summed E-state index contributed by atoms with van der Waals surface area (Å²) >= 11 is 0. The molecule has 4 aromatic rings. The van der Waals surface area contributed by atoms with Gasteiger partial charge in [-0.15, -0.1) is 0 Å². The zero-order valence-corrected chi connectivity index (χ0v) is 18.5. The van der Waals surface area contributed by atoms with Crippen molar-refractivity contribution >= 4 is 16.8 Å². The summed E-state index contributed by atoms with van der Waals surface area (Å²) in [6.45, 7) is 6.37. The fraction of sp³-hybridized carbons (Fsp3) is 0.269. The second-order valence-corrected chi connectivity index (χ2v) is 8.44. The molecule has 0 bridgehead atoms. The van der Waals surface area contributed by atoms with Crippen molar-refractivity contribution in [3.8, 4) is 17.0 Å². The number of para-hydroxylation sites is 2. The normalized spacial score (nSPS) is 14.9. The summed E-state index contributed by atoms with van der Waals surface area (Å²) in [4.78, 5) is 25.2. The third kappa shape index (κ3) is 3.73. The fourth-order valence-electron chi connectivity index (χ4n) is 4.44. The number of aromatic amines is 1. The number of nitrogens with zero attached hydrogens (tertiary/aromatic N) is 2. The lowest BCUT2D eigenvalue weighted by molar-refractivity contribution is -0.120. The molecule has 32 heavy (non-hydrogen) atoms. The number of hydrogen-bond acceptors (Lipinski definition) is 4. The van der Waals surface area contributed by atoms with Crippen molar-refractivity contribution in [2.75, 3.05) is 6.54 Å². The molecule has 1 aliphatic rings. The van der Waals surface area contributed by atoms with Crippen LogP contribution in [0.25, 0.3) is 22.2 Å². The third-order valence-corrected chi connectivity index (χ3v) is 6.05. The summed E-state index contributed by atoms with van der Waals surface area (Å²) in [5, 5.41) is 4.16. The highest BCUT2D eigenvalue weighted by Crippen LogP contribution is 2.38. The lowest BCUT2D eigenvalue weighted by Crippen LogP contribution is -2.35. The molecule has 162 valence electrons. The monoisotopic (exact) mass is 426 g/mol. The zero-order chi connectivity index (χ0) is 22.2. The van der Waals surface area contributed by atoms with Crippen molar-refractivity contribution in [1.82, 2.24) is 20.3 Å². The molecule has 5 rings (SSSR count). The first kappa shape index (κ1) is 20.2. The molecule has 0 saturated carbocycles. The lowest BCUT2D eigenvalue weighted by Gasteiger charge is -2.14. The van der Waals surface area contributed by atoms with E-state index >= 15 is 0 Å². The molecule has 2 N–H and O–H groups in total. The van der Waals surface area contributed by atoms with Gasteiger partial charge in [-0.1, -0.05) is 30.3 Å². The van der Waals surface area contributed by atoms with Gasteiger partial charge in [0.2, 0.25) is 5.91 Å². The number of aryl methyl sites for hydroxylation is 3. The molecule has 0 aliphatic carbocycles. The van der Waals surface area contributed by atoms with Crippen molar-refractivity contribution in [1.29, 1.82) is 0 Å². The van der Waals surface area contributed by atoms with Gasteiger partial charge in [0.25, 0.3) is 0 Å². The van der Waals surface area contributed by atoms with Crippen LogP contribution in [0.15, 0.2) is 48.7 Å². The first-order valence-electron chi connectivity index (χ1n) is 10.9. The predicted molar refractivity (Wildman–Crippen MR) is 125 cm³/mol. The highest BCUT2D eigenvalue weighted by Gasteiger charge is 2.27. The molecular formula is C26H26N4O2. The average Bonchev–Trinajstić information content (AvgIpc) is 3.34. The minimum atomic E-state index is -0.0998. The van der Waals surface area contributed by atoms with Crippen LogP contribution in [0.1, 0.15) is 28.2 Å². The van der Waals surface area contributed by atoms with Crippen LogP contribution < -0.4 is 10.1 Å². The molecule has 2 aromatic heterocycles. The number of carbonyl (C=O) groups is 1. The Bertz CT molecular complexity index is 1320. The van der Waals surface area contributed by atoms with Crippen LogP contribution in [0, 0.1) is 20.8 Å². The summed E-state index contributed by atoms with van der Waals surface area (Å²) < 4.78 is 6.28. The van der Waals surface area contributed by atoms with Gasteiger partial charge in [0.05, 0.1) is 30.0 Å². The quantitative estimate of drug-likeness (QED) is 0.501. The number of carbonyl (C=O) groups excluding carboxylic acids is 1. The number of benzene rings is 2. The Hall–Kier alpha value is -3.67. The highest BCUT2D eigenvalue weighted by molar-refractivity contribution is 5.90. The van der Waals surface area contributed by atoms with Gasteiger partial charge in [-0.3, -0.25) is 9.78 Å². The first-order chi connectivity index (χ1) is 15.5. The van der Waals surface area contributed by atoms with Crippen molar-refractivity contribution in [3.63, 3.8) is 0 Å². The van der Waals surface area contributed by atoms with E-state index < -0.39 is 0 Å². The van der Waals surface area contributed by atoms with E-state index in [1.807, 2.05) is 51.1 Å². The molecule has 0 radical (unpaired) electrons. The summed E-state index contributed by atoms with van der Waals surface area (Å²) in [6.07, 6.45) is 2.78. The minimum absolute atomic E-state index is 0.00183. The van der Waals surface area contributed by atoms with Gasteiger partial charge in [-0.05, 0) is 44.0 Å². The molecule has 1 atom stereocenters. The van der Waals surface area contributed by atoms with Gasteiger partial charge in [-0.2, -0.15) is 0 Å². The van der Waals surface area contributed by atoms with Gasteiger partial charge < -0.3 is 15.0 Å². The Kier molecular flexibility index (Phi) is 5.13. The SMILES string of the molecule is Cc1cnc(C)c(-c2cccc3c2O[C@@H](CNC(=O)Cc2c(C)[nH]c4ccccc24)C3)n1. The van der Waals surface area contributed by atoms with E-state index in [4.69, 9.17) is 4.74 Å². The first-order valence-corrected chi connectivity index (χ1v) is 10.9. The van der Waals surface area contributed by atoms with E-state index in [0.717, 1.165) is 62.5 Å². The van der Waals surface area contributed by atoms with Gasteiger partial charge in [0, 0.05) is 34.8 Å². The van der Waals surface area contributed by atoms with Crippen molar-refractivity contribution in [2.24, 2.45) is 0 Å². The lowest BCUT2D eigenvalue weighted by atomic mass is 10.0. The standard InChI is InChI=1S/C26H26N4O2/c1-15-13-27-17(3)25(29-15)21-9-6-7-18-11-19(32-26(18)21)14-28-24(31)12-22-16(2)30-23-10-5-4-8-20(22)23/h4-10,13,19,30H,11-12,14H2,1-3H3,(H,28,31)/t19-/m1/s1. The topological polar surface area (TPSA) is 79.9 Å². The zero-order valence-electron chi connectivity index (χ0n) is 18.5. The Balaban J connectivity index is 1.28.